The molecule has 1 aliphatic carbocycles. The molecule has 84 valence electrons. The zero-order valence-electron chi connectivity index (χ0n) is 9.32. The second-order valence-corrected chi connectivity index (χ2v) is 4.01. The number of methoxy groups -OCH3 is 1. The van der Waals surface area contributed by atoms with E-state index >= 15 is 0 Å². The molecule has 0 spiro atoms. The lowest BCUT2D eigenvalue weighted by molar-refractivity contribution is -0.117. The van der Waals surface area contributed by atoms with Gasteiger partial charge in [-0.1, -0.05) is 18.7 Å². The molecule has 0 radical (unpaired) electrons. The van der Waals surface area contributed by atoms with Gasteiger partial charge in [-0.25, -0.2) is 0 Å². The van der Waals surface area contributed by atoms with E-state index in [0.717, 1.165) is 24.2 Å². The average molecular weight is 217 g/mol. The largest absolute Gasteiger partial charge is 0.497 e. The second-order valence-electron chi connectivity index (χ2n) is 4.01. The lowest BCUT2D eigenvalue weighted by Crippen LogP contribution is -2.33. The van der Waals surface area contributed by atoms with E-state index in [4.69, 9.17) is 4.74 Å². The molecular weight excluding hydrogens is 202 g/mol. The van der Waals surface area contributed by atoms with Gasteiger partial charge in [-0.15, -0.1) is 0 Å². The van der Waals surface area contributed by atoms with Crippen molar-refractivity contribution in [3.63, 3.8) is 0 Å². The monoisotopic (exact) mass is 217 g/mol. The van der Waals surface area contributed by atoms with Crippen LogP contribution < -0.4 is 10.1 Å². The van der Waals surface area contributed by atoms with Gasteiger partial charge in [-0.2, -0.15) is 0 Å². The average Bonchev–Trinajstić information content (AvgIpc) is 3.10. The highest BCUT2D eigenvalue weighted by molar-refractivity contribution is 5.88. The van der Waals surface area contributed by atoms with Crippen LogP contribution in [0.1, 0.15) is 18.4 Å². The SMILES string of the molecule is C=CC(=O)NC1(c2cccc(OC)c2)CC1. The third-order valence-corrected chi connectivity index (χ3v) is 2.92. The summed E-state index contributed by atoms with van der Waals surface area (Å²) in [4.78, 5) is 11.3. The van der Waals surface area contributed by atoms with Crippen LogP contribution in [0.15, 0.2) is 36.9 Å². The van der Waals surface area contributed by atoms with Gasteiger partial charge in [-0.05, 0) is 36.6 Å². The van der Waals surface area contributed by atoms with Crippen LogP contribution in [0.25, 0.3) is 0 Å². The molecule has 0 aromatic heterocycles. The van der Waals surface area contributed by atoms with E-state index in [1.165, 1.54) is 6.08 Å². The molecule has 0 heterocycles. The van der Waals surface area contributed by atoms with Gasteiger partial charge in [0.2, 0.25) is 5.91 Å². The van der Waals surface area contributed by atoms with Crippen LogP contribution in [0.4, 0.5) is 0 Å². The van der Waals surface area contributed by atoms with E-state index in [9.17, 15) is 4.79 Å². The first kappa shape index (κ1) is 10.7. The Bertz CT molecular complexity index is 422. The Morgan fingerprint density at radius 1 is 1.56 bits per heavy atom. The van der Waals surface area contributed by atoms with Gasteiger partial charge < -0.3 is 10.1 Å². The Balaban J connectivity index is 2.22. The van der Waals surface area contributed by atoms with Gasteiger partial charge in [0.25, 0.3) is 0 Å². The molecule has 1 N–H and O–H groups in total. The Morgan fingerprint density at radius 3 is 2.88 bits per heavy atom. The van der Waals surface area contributed by atoms with E-state index < -0.39 is 0 Å². The minimum Gasteiger partial charge on any atom is -0.497 e. The van der Waals surface area contributed by atoms with Crippen molar-refractivity contribution < 1.29 is 9.53 Å². The molecule has 1 aromatic carbocycles. The predicted octanol–water partition coefficient (Wildman–Crippen LogP) is 1.99. The summed E-state index contributed by atoms with van der Waals surface area (Å²) in [5.41, 5.74) is 0.904. The Hall–Kier alpha value is -1.77. The predicted molar refractivity (Wildman–Crippen MR) is 62.2 cm³/mol. The van der Waals surface area contributed by atoms with Crippen LogP contribution >= 0.6 is 0 Å². The molecule has 1 aliphatic rings. The van der Waals surface area contributed by atoms with Gasteiger partial charge in [-0.3, -0.25) is 4.79 Å². The van der Waals surface area contributed by atoms with E-state index in [2.05, 4.69) is 11.9 Å². The number of benzene rings is 1. The topological polar surface area (TPSA) is 38.3 Å². The summed E-state index contributed by atoms with van der Waals surface area (Å²) in [6.07, 6.45) is 3.25. The maximum atomic E-state index is 11.3. The Kier molecular flexibility index (Phi) is 2.69. The standard InChI is InChI=1S/C13H15NO2/c1-3-12(15)14-13(7-8-13)10-5-4-6-11(9-10)16-2/h3-6,9H,1,7-8H2,2H3,(H,14,15). The number of carbonyl (C=O) groups is 1. The van der Waals surface area contributed by atoms with E-state index in [0.29, 0.717) is 0 Å². The van der Waals surface area contributed by atoms with Crippen LogP contribution in [0.3, 0.4) is 0 Å². The molecule has 0 aliphatic heterocycles. The molecule has 1 amide bonds. The number of hydrogen-bond acceptors (Lipinski definition) is 2. The molecule has 1 saturated carbocycles. The highest BCUT2D eigenvalue weighted by Crippen LogP contribution is 2.46. The number of ether oxygens (including phenoxy) is 1. The zero-order chi connectivity index (χ0) is 11.6. The van der Waals surface area contributed by atoms with Gasteiger partial charge >= 0.3 is 0 Å². The summed E-state index contributed by atoms with van der Waals surface area (Å²) >= 11 is 0. The zero-order valence-corrected chi connectivity index (χ0v) is 9.32. The van der Waals surface area contributed by atoms with Crippen molar-refractivity contribution in [2.75, 3.05) is 7.11 Å². The van der Waals surface area contributed by atoms with Crippen molar-refractivity contribution in [3.05, 3.63) is 42.5 Å². The number of hydrogen-bond donors (Lipinski definition) is 1. The number of nitrogens with one attached hydrogen (secondary N) is 1. The summed E-state index contributed by atoms with van der Waals surface area (Å²) in [5, 5.41) is 2.97. The van der Waals surface area contributed by atoms with Gasteiger partial charge in [0.1, 0.15) is 5.75 Å². The second kappa shape index (κ2) is 4.00. The fourth-order valence-corrected chi connectivity index (χ4v) is 1.82. The molecule has 3 heteroatoms. The quantitative estimate of drug-likeness (QED) is 0.783. The minimum absolute atomic E-state index is 0.125. The molecule has 1 aromatic rings. The first-order chi connectivity index (χ1) is 7.70. The summed E-state index contributed by atoms with van der Waals surface area (Å²) < 4.78 is 5.18. The van der Waals surface area contributed by atoms with Gasteiger partial charge in [0.05, 0.1) is 12.6 Å². The summed E-state index contributed by atoms with van der Waals surface area (Å²) in [7, 11) is 1.64. The highest BCUT2D eigenvalue weighted by atomic mass is 16.5. The van der Waals surface area contributed by atoms with E-state index in [1.54, 1.807) is 7.11 Å². The van der Waals surface area contributed by atoms with Crippen molar-refractivity contribution in [1.82, 2.24) is 5.32 Å². The van der Waals surface area contributed by atoms with Crippen LogP contribution in [-0.4, -0.2) is 13.0 Å². The van der Waals surface area contributed by atoms with Crippen LogP contribution in [0.2, 0.25) is 0 Å². The van der Waals surface area contributed by atoms with Gasteiger partial charge in [0, 0.05) is 0 Å². The molecule has 3 nitrogen and oxygen atoms in total. The molecule has 1 fully saturated rings. The maximum Gasteiger partial charge on any atom is 0.244 e. The first-order valence-electron chi connectivity index (χ1n) is 5.29. The number of carbonyl (C=O) groups excluding carboxylic acids is 1. The van der Waals surface area contributed by atoms with Gasteiger partial charge in [0.15, 0.2) is 0 Å². The van der Waals surface area contributed by atoms with E-state index in [-0.39, 0.29) is 11.4 Å². The highest BCUT2D eigenvalue weighted by Gasteiger charge is 2.45. The lowest BCUT2D eigenvalue weighted by atomic mass is 10.0. The van der Waals surface area contributed by atoms with Crippen molar-refractivity contribution in [2.45, 2.75) is 18.4 Å². The minimum atomic E-state index is -0.195. The molecule has 0 saturated heterocycles. The molecular formula is C13H15NO2. The molecule has 2 rings (SSSR count). The number of amides is 1. The third-order valence-electron chi connectivity index (χ3n) is 2.92. The maximum absolute atomic E-state index is 11.3. The van der Waals surface area contributed by atoms with Crippen molar-refractivity contribution >= 4 is 5.91 Å². The fraction of sp³-hybridized carbons (Fsp3) is 0.308. The smallest absolute Gasteiger partial charge is 0.244 e. The molecule has 16 heavy (non-hydrogen) atoms. The summed E-state index contributed by atoms with van der Waals surface area (Å²) in [5.74, 6) is 0.692. The first-order valence-corrected chi connectivity index (χ1v) is 5.29. The van der Waals surface area contributed by atoms with Crippen LogP contribution in [0, 0.1) is 0 Å². The molecule has 0 atom stereocenters. The third kappa shape index (κ3) is 1.94. The Morgan fingerprint density at radius 2 is 2.31 bits per heavy atom. The summed E-state index contributed by atoms with van der Waals surface area (Å²) in [6, 6.07) is 7.82. The molecule has 0 bridgehead atoms. The normalized spacial score (nSPS) is 16.3. The number of rotatable bonds is 4. The summed E-state index contributed by atoms with van der Waals surface area (Å²) in [6.45, 7) is 3.46. The van der Waals surface area contributed by atoms with Crippen molar-refractivity contribution in [3.8, 4) is 5.75 Å². The van der Waals surface area contributed by atoms with Crippen molar-refractivity contribution in [1.29, 1.82) is 0 Å². The molecule has 0 unspecified atom stereocenters. The lowest BCUT2D eigenvalue weighted by Gasteiger charge is -2.17. The van der Waals surface area contributed by atoms with Crippen LogP contribution in [0.5, 0.6) is 5.75 Å². The van der Waals surface area contributed by atoms with Crippen LogP contribution in [-0.2, 0) is 10.3 Å². The van der Waals surface area contributed by atoms with Crippen molar-refractivity contribution in [2.24, 2.45) is 0 Å². The van der Waals surface area contributed by atoms with E-state index in [1.807, 2.05) is 24.3 Å². The fourth-order valence-electron chi connectivity index (χ4n) is 1.82. The Labute approximate surface area is 95.1 Å².